The molecule has 0 unspecified atom stereocenters. The maximum atomic E-state index is 12.0. The fraction of sp³-hybridized carbons (Fsp3) is 0.562. The highest BCUT2D eigenvalue weighted by molar-refractivity contribution is 8.03. The molecule has 134 valence electrons. The number of carbonyl (C=O) groups excluding carboxylic acids is 1. The van der Waals surface area contributed by atoms with Gasteiger partial charge in [0.05, 0.1) is 18.1 Å². The standard InChI is InChI=1S/C16H25N3O4S/c1-5-7-8-12(24-10-9-13(20)23-6-2)17-14-11(3)19(4)16(22)18-15(14)21/h8,17H,5-7,9-10H2,1-4H3,(H,18,21,22)/b12-8-. The van der Waals surface area contributed by atoms with Crippen molar-refractivity contribution < 1.29 is 9.53 Å². The molecule has 0 fully saturated rings. The predicted octanol–water partition coefficient (Wildman–Crippen LogP) is 2.12. The lowest BCUT2D eigenvalue weighted by molar-refractivity contribution is -0.142. The molecule has 1 aromatic heterocycles. The van der Waals surface area contributed by atoms with E-state index in [1.165, 1.54) is 16.3 Å². The molecule has 0 bridgehead atoms. The SMILES string of the molecule is CCC/C=C(/Nc1c(C)n(C)c(=O)[nH]c1=O)SCCC(=O)OCC. The molecule has 0 amide bonds. The first-order valence-electron chi connectivity index (χ1n) is 7.96. The number of hydrogen-bond acceptors (Lipinski definition) is 6. The van der Waals surface area contributed by atoms with Crippen LogP contribution in [-0.4, -0.2) is 27.9 Å². The zero-order valence-electron chi connectivity index (χ0n) is 14.6. The van der Waals surface area contributed by atoms with Gasteiger partial charge in [0.1, 0.15) is 5.69 Å². The van der Waals surface area contributed by atoms with Gasteiger partial charge < -0.3 is 10.1 Å². The number of allylic oxidation sites excluding steroid dienone is 1. The van der Waals surface area contributed by atoms with Crippen molar-refractivity contribution in [1.82, 2.24) is 9.55 Å². The minimum atomic E-state index is -0.455. The number of thioether (sulfide) groups is 1. The lowest BCUT2D eigenvalue weighted by Gasteiger charge is -2.14. The maximum absolute atomic E-state index is 12.0. The van der Waals surface area contributed by atoms with Crippen molar-refractivity contribution in [1.29, 1.82) is 0 Å². The maximum Gasteiger partial charge on any atom is 0.328 e. The van der Waals surface area contributed by atoms with Crippen molar-refractivity contribution >= 4 is 23.4 Å². The Hall–Kier alpha value is -1.96. The number of ether oxygens (including phenoxy) is 1. The van der Waals surface area contributed by atoms with Gasteiger partial charge >= 0.3 is 11.7 Å². The summed E-state index contributed by atoms with van der Waals surface area (Å²) in [5.74, 6) is 0.306. The second-order valence-electron chi connectivity index (χ2n) is 5.16. The van der Waals surface area contributed by atoms with Gasteiger partial charge in [0, 0.05) is 18.5 Å². The van der Waals surface area contributed by atoms with E-state index in [-0.39, 0.29) is 5.97 Å². The van der Waals surface area contributed by atoms with Crippen molar-refractivity contribution in [3.63, 3.8) is 0 Å². The van der Waals surface area contributed by atoms with Gasteiger partial charge in [-0.15, -0.1) is 11.8 Å². The molecule has 0 radical (unpaired) electrons. The van der Waals surface area contributed by atoms with Crippen LogP contribution in [-0.2, 0) is 16.6 Å². The molecule has 0 aliphatic carbocycles. The van der Waals surface area contributed by atoms with Crippen molar-refractivity contribution in [3.8, 4) is 0 Å². The first kappa shape index (κ1) is 20.1. The molecule has 1 aromatic rings. The minimum absolute atomic E-state index is 0.240. The summed E-state index contributed by atoms with van der Waals surface area (Å²) >= 11 is 1.45. The van der Waals surface area contributed by atoms with Crippen LogP contribution in [0.5, 0.6) is 0 Å². The minimum Gasteiger partial charge on any atom is -0.466 e. The van der Waals surface area contributed by atoms with E-state index < -0.39 is 11.2 Å². The van der Waals surface area contributed by atoms with Gasteiger partial charge in [-0.1, -0.05) is 19.4 Å². The van der Waals surface area contributed by atoms with E-state index in [0.717, 1.165) is 17.9 Å². The van der Waals surface area contributed by atoms with Gasteiger partial charge in [0.2, 0.25) is 0 Å². The quantitative estimate of drug-likeness (QED) is 0.659. The number of nitrogens with one attached hydrogen (secondary N) is 2. The van der Waals surface area contributed by atoms with E-state index in [1.54, 1.807) is 20.9 Å². The molecule has 0 saturated heterocycles. The van der Waals surface area contributed by atoms with E-state index in [1.807, 2.05) is 6.08 Å². The molecule has 1 rings (SSSR count). The average molecular weight is 355 g/mol. The summed E-state index contributed by atoms with van der Waals surface area (Å²) in [4.78, 5) is 37.3. The summed E-state index contributed by atoms with van der Waals surface area (Å²) in [6, 6.07) is 0. The summed E-state index contributed by atoms with van der Waals surface area (Å²) in [7, 11) is 1.60. The summed E-state index contributed by atoms with van der Waals surface area (Å²) in [6.07, 6.45) is 4.09. The second kappa shape index (κ2) is 10.0. The van der Waals surface area contributed by atoms with Crippen LogP contribution in [0.25, 0.3) is 0 Å². The Bertz CT molecular complexity index is 706. The average Bonchev–Trinajstić information content (AvgIpc) is 2.54. The van der Waals surface area contributed by atoms with Crippen molar-refractivity contribution in [2.24, 2.45) is 7.05 Å². The van der Waals surface area contributed by atoms with E-state index in [9.17, 15) is 14.4 Å². The third-order valence-corrected chi connectivity index (χ3v) is 4.34. The van der Waals surface area contributed by atoms with Gasteiger partial charge in [-0.05, 0) is 20.3 Å². The van der Waals surface area contributed by atoms with Gasteiger partial charge in [0.25, 0.3) is 5.56 Å². The zero-order valence-corrected chi connectivity index (χ0v) is 15.4. The highest BCUT2D eigenvalue weighted by Gasteiger charge is 2.11. The fourth-order valence-corrected chi connectivity index (χ4v) is 2.80. The number of rotatable bonds is 9. The monoisotopic (exact) mass is 355 g/mol. The molecule has 0 saturated carbocycles. The van der Waals surface area contributed by atoms with Crippen molar-refractivity contribution in [3.05, 3.63) is 37.6 Å². The Morgan fingerprint density at radius 2 is 2.08 bits per heavy atom. The molecule has 8 heteroatoms. The number of esters is 1. The van der Waals surface area contributed by atoms with E-state index >= 15 is 0 Å². The van der Waals surface area contributed by atoms with Crippen LogP contribution in [0.3, 0.4) is 0 Å². The second-order valence-corrected chi connectivity index (χ2v) is 6.30. The molecule has 1 heterocycles. The number of H-pyrrole nitrogens is 1. The lowest BCUT2D eigenvalue weighted by atomic mass is 10.3. The Kier molecular flexibility index (Phi) is 8.39. The highest BCUT2D eigenvalue weighted by Crippen LogP contribution is 2.21. The van der Waals surface area contributed by atoms with Crippen LogP contribution in [0.4, 0.5) is 5.69 Å². The van der Waals surface area contributed by atoms with Gasteiger partial charge in [-0.2, -0.15) is 0 Å². The van der Waals surface area contributed by atoms with Gasteiger partial charge in [0.15, 0.2) is 0 Å². The Labute approximate surface area is 145 Å². The number of carbonyl (C=O) groups is 1. The topological polar surface area (TPSA) is 93.2 Å². The zero-order chi connectivity index (χ0) is 18.1. The molecule has 0 aliphatic rings. The predicted molar refractivity (Wildman–Crippen MR) is 97.4 cm³/mol. The highest BCUT2D eigenvalue weighted by atomic mass is 32.2. The smallest absolute Gasteiger partial charge is 0.328 e. The fourth-order valence-electron chi connectivity index (χ4n) is 1.90. The van der Waals surface area contributed by atoms with E-state index in [4.69, 9.17) is 4.74 Å². The normalized spacial score (nSPS) is 11.4. The molecular formula is C16H25N3O4S. The number of anilines is 1. The molecule has 0 spiro atoms. The number of aromatic amines is 1. The largest absolute Gasteiger partial charge is 0.466 e. The molecule has 7 nitrogen and oxygen atoms in total. The van der Waals surface area contributed by atoms with E-state index in [2.05, 4.69) is 17.2 Å². The van der Waals surface area contributed by atoms with Crippen LogP contribution >= 0.6 is 11.8 Å². The van der Waals surface area contributed by atoms with Crippen molar-refractivity contribution in [2.45, 2.75) is 40.0 Å². The van der Waals surface area contributed by atoms with E-state index in [0.29, 0.717) is 30.2 Å². The third kappa shape index (κ3) is 5.92. The van der Waals surface area contributed by atoms with Crippen LogP contribution < -0.4 is 16.6 Å². The lowest BCUT2D eigenvalue weighted by Crippen LogP contribution is -2.32. The first-order chi connectivity index (χ1) is 11.4. The summed E-state index contributed by atoms with van der Waals surface area (Å²) < 4.78 is 6.28. The van der Waals surface area contributed by atoms with Crippen LogP contribution in [0, 0.1) is 6.92 Å². The number of nitrogens with zero attached hydrogens (tertiary/aromatic N) is 1. The van der Waals surface area contributed by atoms with Crippen molar-refractivity contribution in [2.75, 3.05) is 17.7 Å². The van der Waals surface area contributed by atoms with Gasteiger partial charge in [-0.25, -0.2) is 4.79 Å². The Balaban J connectivity index is 2.88. The molecule has 0 aliphatic heterocycles. The van der Waals surface area contributed by atoms with Crippen LogP contribution in [0.1, 0.15) is 38.8 Å². The Morgan fingerprint density at radius 3 is 2.71 bits per heavy atom. The Morgan fingerprint density at radius 1 is 1.38 bits per heavy atom. The van der Waals surface area contributed by atoms with Crippen LogP contribution in [0.15, 0.2) is 20.7 Å². The molecular weight excluding hydrogens is 330 g/mol. The molecule has 0 atom stereocenters. The molecule has 24 heavy (non-hydrogen) atoms. The first-order valence-corrected chi connectivity index (χ1v) is 8.94. The number of hydrogen-bond donors (Lipinski definition) is 2. The summed E-state index contributed by atoms with van der Waals surface area (Å²) in [6.45, 7) is 5.90. The molecule has 2 N–H and O–H groups in total. The molecule has 0 aromatic carbocycles. The summed E-state index contributed by atoms with van der Waals surface area (Å²) in [5, 5.41) is 3.88. The third-order valence-electron chi connectivity index (χ3n) is 3.35. The van der Waals surface area contributed by atoms with Crippen LogP contribution in [0.2, 0.25) is 0 Å². The van der Waals surface area contributed by atoms with Gasteiger partial charge in [-0.3, -0.25) is 19.1 Å². The number of unbranched alkanes of at least 4 members (excludes halogenated alkanes) is 1. The number of aromatic nitrogens is 2. The summed E-state index contributed by atoms with van der Waals surface area (Å²) in [5.41, 5.74) is -0.0127.